The second-order valence-electron chi connectivity index (χ2n) is 6.43. The molecule has 1 aromatic rings. The first-order chi connectivity index (χ1) is 10.6. The van der Waals surface area contributed by atoms with Crippen LogP contribution in [-0.4, -0.2) is 50.6 Å². The summed E-state index contributed by atoms with van der Waals surface area (Å²) in [6.45, 7) is 7.06. The summed E-state index contributed by atoms with van der Waals surface area (Å²) in [5, 5.41) is 11.2. The van der Waals surface area contributed by atoms with Crippen molar-refractivity contribution in [3.63, 3.8) is 0 Å². The zero-order valence-electron chi connectivity index (χ0n) is 14.3. The number of aliphatic imine (C=N–C) groups is 1. The van der Waals surface area contributed by atoms with Gasteiger partial charge in [-0.1, -0.05) is 6.92 Å². The minimum Gasteiger partial charge on any atom is -0.357 e. The molecule has 124 valence electrons. The molecule has 1 heterocycles. The normalized spacial score (nSPS) is 18.3. The third-order valence-electron chi connectivity index (χ3n) is 4.30. The highest BCUT2D eigenvalue weighted by molar-refractivity contribution is 7.07. The number of nitrogens with one attached hydrogen (secondary N) is 2. The molecule has 0 saturated heterocycles. The molecule has 0 radical (unpaired) electrons. The van der Waals surface area contributed by atoms with Gasteiger partial charge in [0, 0.05) is 19.1 Å². The van der Waals surface area contributed by atoms with Crippen LogP contribution in [0.2, 0.25) is 0 Å². The Balaban J connectivity index is 1.86. The average molecular weight is 323 g/mol. The Kier molecular flexibility index (Phi) is 6.70. The van der Waals surface area contributed by atoms with Gasteiger partial charge in [0.05, 0.1) is 6.54 Å². The van der Waals surface area contributed by atoms with Crippen molar-refractivity contribution in [2.45, 2.75) is 38.6 Å². The Hall–Kier alpha value is -1.07. The second-order valence-corrected chi connectivity index (χ2v) is 7.21. The molecular weight excluding hydrogens is 292 g/mol. The molecule has 2 unspecified atom stereocenters. The summed E-state index contributed by atoms with van der Waals surface area (Å²) >= 11 is 1.76. The Bertz CT molecular complexity index is 449. The van der Waals surface area contributed by atoms with Gasteiger partial charge in [0.2, 0.25) is 0 Å². The SMILES string of the molecule is CCNC(=NCC(C1CC1)N(C)C)NCC(C)c1ccsc1. The molecule has 1 aliphatic carbocycles. The summed E-state index contributed by atoms with van der Waals surface area (Å²) in [5.41, 5.74) is 1.40. The van der Waals surface area contributed by atoms with E-state index < -0.39 is 0 Å². The molecule has 0 amide bonds. The Morgan fingerprint density at radius 1 is 1.41 bits per heavy atom. The van der Waals surface area contributed by atoms with Crippen molar-refractivity contribution in [3.8, 4) is 0 Å². The van der Waals surface area contributed by atoms with Crippen molar-refractivity contribution in [1.29, 1.82) is 0 Å². The molecule has 0 bridgehead atoms. The van der Waals surface area contributed by atoms with Crippen molar-refractivity contribution in [3.05, 3.63) is 22.4 Å². The van der Waals surface area contributed by atoms with E-state index >= 15 is 0 Å². The molecule has 0 aliphatic heterocycles. The standard InChI is InChI=1S/C17H30N4S/c1-5-18-17(19-10-13(2)15-8-9-22-12-15)20-11-16(21(3)4)14-6-7-14/h8-9,12-14,16H,5-7,10-11H2,1-4H3,(H2,18,19,20). The van der Waals surface area contributed by atoms with Gasteiger partial charge in [0.1, 0.15) is 0 Å². The fourth-order valence-electron chi connectivity index (χ4n) is 2.66. The fraction of sp³-hybridized carbons (Fsp3) is 0.706. The van der Waals surface area contributed by atoms with Gasteiger partial charge in [0.15, 0.2) is 5.96 Å². The van der Waals surface area contributed by atoms with E-state index in [2.05, 4.69) is 60.3 Å². The number of hydrogen-bond acceptors (Lipinski definition) is 3. The van der Waals surface area contributed by atoms with E-state index in [-0.39, 0.29) is 0 Å². The lowest BCUT2D eigenvalue weighted by Crippen LogP contribution is -2.41. The molecular formula is C17H30N4S. The van der Waals surface area contributed by atoms with Crippen molar-refractivity contribution in [1.82, 2.24) is 15.5 Å². The number of nitrogens with zero attached hydrogens (tertiary/aromatic N) is 2. The van der Waals surface area contributed by atoms with Crippen molar-refractivity contribution in [2.75, 3.05) is 33.7 Å². The minimum absolute atomic E-state index is 0.503. The molecule has 2 rings (SSSR count). The lowest BCUT2D eigenvalue weighted by molar-refractivity contribution is 0.271. The van der Waals surface area contributed by atoms with Crippen LogP contribution in [0.25, 0.3) is 0 Å². The maximum Gasteiger partial charge on any atom is 0.191 e. The van der Waals surface area contributed by atoms with Gasteiger partial charge in [-0.05, 0) is 68.1 Å². The highest BCUT2D eigenvalue weighted by atomic mass is 32.1. The van der Waals surface area contributed by atoms with Gasteiger partial charge in [-0.3, -0.25) is 4.99 Å². The van der Waals surface area contributed by atoms with Gasteiger partial charge in [0.25, 0.3) is 0 Å². The lowest BCUT2D eigenvalue weighted by atomic mass is 10.1. The van der Waals surface area contributed by atoms with Crippen LogP contribution < -0.4 is 10.6 Å². The Morgan fingerprint density at radius 2 is 2.18 bits per heavy atom. The maximum absolute atomic E-state index is 4.80. The fourth-order valence-corrected chi connectivity index (χ4v) is 3.45. The predicted octanol–water partition coefficient (Wildman–Crippen LogP) is 2.75. The smallest absolute Gasteiger partial charge is 0.191 e. The summed E-state index contributed by atoms with van der Waals surface area (Å²) < 4.78 is 0. The third-order valence-corrected chi connectivity index (χ3v) is 5.00. The van der Waals surface area contributed by atoms with E-state index in [1.54, 1.807) is 11.3 Å². The van der Waals surface area contributed by atoms with Gasteiger partial charge in [-0.25, -0.2) is 0 Å². The molecule has 1 aromatic heterocycles. The molecule has 0 aromatic carbocycles. The number of thiophene rings is 1. The molecule has 0 spiro atoms. The van der Waals surface area contributed by atoms with Gasteiger partial charge in [-0.15, -0.1) is 0 Å². The monoisotopic (exact) mass is 322 g/mol. The first-order valence-electron chi connectivity index (χ1n) is 8.32. The van der Waals surface area contributed by atoms with Crippen LogP contribution in [0.3, 0.4) is 0 Å². The molecule has 2 N–H and O–H groups in total. The summed E-state index contributed by atoms with van der Waals surface area (Å²) in [4.78, 5) is 7.12. The van der Waals surface area contributed by atoms with Crippen LogP contribution in [0.1, 0.15) is 38.2 Å². The van der Waals surface area contributed by atoms with E-state index in [4.69, 9.17) is 4.99 Å². The predicted molar refractivity (Wildman–Crippen MR) is 96.9 cm³/mol. The molecule has 5 heteroatoms. The van der Waals surface area contributed by atoms with Crippen LogP contribution in [0, 0.1) is 5.92 Å². The topological polar surface area (TPSA) is 39.7 Å². The lowest BCUT2D eigenvalue weighted by Gasteiger charge is -2.23. The molecule has 2 atom stereocenters. The summed E-state index contributed by atoms with van der Waals surface area (Å²) in [5.74, 6) is 2.28. The van der Waals surface area contributed by atoms with Crippen LogP contribution in [0.5, 0.6) is 0 Å². The quantitative estimate of drug-likeness (QED) is 0.571. The number of hydrogen-bond donors (Lipinski definition) is 2. The van der Waals surface area contributed by atoms with E-state index in [0.29, 0.717) is 12.0 Å². The first kappa shape index (κ1) is 17.3. The largest absolute Gasteiger partial charge is 0.357 e. The van der Waals surface area contributed by atoms with Crippen LogP contribution in [0.15, 0.2) is 21.8 Å². The molecule has 1 fully saturated rings. The van der Waals surface area contributed by atoms with Crippen molar-refractivity contribution < 1.29 is 0 Å². The summed E-state index contributed by atoms with van der Waals surface area (Å²) in [6.07, 6.45) is 2.72. The van der Waals surface area contributed by atoms with E-state index in [9.17, 15) is 0 Å². The first-order valence-corrected chi connectivity index (χ1v) is 9.26. The average Bonchev–Trinajstić information content (AvgIpc) is 3.16. The number of likely N-dealkylation sites (N-methyl/N-ethyl adjacent to an activating group) is 1. The van der Waals surface area contributed by atoms with Crippen LogP contribution >= 0.6 is 11.3 Å². The number of guanidine groups is 1. The van der Waals surface area contributed by atoms with E-state index in [1.807, 2.05) is 0 Å². The molecule has 1 saturated carbocycles. The Labute approximate surface area is 139 Å². The molecule has 22 heavy (non-hydrogen) atoms. The highest BCUT2D eigenvalue weighted by Crippen LogP contribution is 2.34. The van der Waals surface area contributed by atoms with Crippen molar-refractivity contribution in [2.24, 2.45) is 10.9 Å². The van der Waals surface area contributed by atoms with Crippen LogP contribution in [0.4, 0.5) is 0 Å². The number of rotatable bonds is 8. The van der Waals surface area contributed by atoms with E-state index in [0.717, 1.165) is 31.5 Å². The zero-order chi connectivity index (χ0) is 15.9. The second kappa shape index (κ2) is 8.53. The zero-order valence-corrected chi connectivity index (χ0v) is 15.1. The minimum atomic E-state index is 0.503. The summed E-state index contributed by atoms with van der Waals surface area (Å²) in [7, 11) is 4.33. The van der Waals surface area contributed by atoms with Crippen molar-refractivity contribution >= 4 is 17.3 Å². The molecule has 1 aliphatic rings. The third kappa shape index (κ3) is 5.29. The highest BCUT2D eigenvalue weighted by Gasteiger charge is 2.32. The van der Waals surface area contributed by atoms with Gasteiger partial charge < -0.3 is 15.5 Å². The van der Waals surface area contributed by atoms with Gasteiger partial charge >= 0.3 is 0 Å². The van der Waals surface area contributed by atoms with Crippen LogP contribution in [-0.2, 0) is 0 Å². The Morgan fingerprint density at radius 3 is 2.73 bits per heavy atom. The summed E-state index contributed by atoms with van der Waals surface area (Å²) in [6, 6.07) is 2.78. The maximum atomic E-state index is 4.80. The molecule has 4 nitrogen and oxygen atoms in total. The van der Waals surface area contributed by atoms with E-state index in [1.165, 1.54) is 18.4 Å². The van der Waals surface area contributed by atoms with Gasteiger partial charge in [-0.2, -0.15) is 11.3 Å².